The molecule has 0 radical (unpaired) electrons. The lowest BCUT2D eigenvalue weighted by molar-refractivity contribution is -0.0555. The molecule has 0 aliphatic heterocycles. The highest BCUT2D eigenvalue weighted by Gasteiger charge is 2.31. The zero-order chi connectivity index (χ0) is 28.7. The molecule has 8 heteroatoms. The molecule has 0 saturated carbocycles. The van der Waals surface area contributed by atoms with Gasteiger partial charge in [0.1, 0.15) is 19.3 Å². The summed E-state index contributed by atoms with van der Waals surface area (Å²) in [5, 5.41) is 3.98. The maximum Gasteiger partial charge on any atom is 0.338 e. The first-order valence-corrected chi connectivity index (χ1v) is 13.0. The highest BCUT2D eigenvalue weighted by Crippen LogP contribution is 2.16. The molecule has 0 aliphatic rings. The van der Waals surface area contributed by atoms with Crippen molar-refractivity contribution >= 4 is 24.1 Å². The van der Waals surface area contributed by atoms with Gasteiger partial charge in [0.25, 0.3) is 0 Å². The number of hydrogen-bond acceptors (Lipinski definition) is 8. The molecule has 0 unspecified atom stereocenters. The first kappa shape index (κ1) is 28.8. The highest BCUT2D eigenvalue weighted by atomic mass is 16.6. The van der Waals surface area contributed by atoms with Gasteiger partial charge in [0.2, 0.25) is 0 Å². The van der Waals surface area contributed by atoms with E-state index in [1.807, 2.05) is 30.3 Å². The molecule has 4 aromatic rings. The van der Waals surface area contributed by atoms with Gasteiger partial charge in [0, 0.05) is 12.6 Å². The zero-order valence-corrected chi connectivity index (χ0v) is 22.2. The second-order valence-corrected chi connectivity index (χ2v) is 8.87. The van der Waals surface area contributed by atoms with Gasteiger partial charge in [-0.1, -0.05) is 90.1 Å². The van der Waals surface area contributed by atoms with Gasteiger partial charge in [0.15, 0.2) is 6.10 Å². The standard InChI is InChI=1S/C33H29NO7/c35-31(26-15-7-2-8-16-26)38-24-30(41-33(37)28-19-11-4-12-20-28)29(40-32(36)27-17-9-3-10-18-27)21-22-34-39-23-25-13-5-1-6-14-25/h1-20,22,29-30H,21,23-24H2/t29-,30+/m0/s1. The van der Waals surface area contributed by atoms with Crippen LogP contribution in [0, 0.1) is 0 Å². The highest BCUT2D eigenvalue weighted by molar-refractivity contribution is 5.91. The van der Waals surface area contributed by atoms with Crippen LogP contribution in [0.2, 0.25) is 0 Å². The van der Waals surface area contributed by atoms with Crippen LogP contribution in [0.1, 0.15) is 43.1 Å². The molecule has 4 aromatic carbocycles. The number of esters is 3. The lowest BCUT2D eigenvalue weighted by Crippen LogP contribution is -2.39. The second kappa shape index (κ2) is 15.4. The van der Waals surface area contributed by atoms with Gasteiger partial charge in [-0.25, -0.2) is 14.4 Å². The van der Waals surface area contributed by atoms with Crippen LogP contribution >= 0.6 is 0 Å². The van der Waals surface area contributed by atoms with Crippen molar-refractivity contribution in [3.05, 3.63) is 144 Å². The topological polar surface area (TPSA) is 100 Å². The molecule has 8 nitrogen and oxygen atoms in total. The van der Waals surface area contributed by atoms with Gasteiger partial charge in [0.05, 0.1) is 16.7 Å². The zero-order valence-electron chi connectivity index (χ0n) is 22.2. The molecule has 208 valence electrons. The van der Waals surface area contributed by atoms with E-state index in [1.54, 1.807) is 91.0 Å². The maximum atomic E-state index is 13.0. The maximum absolute atomic E-state index is 13.0. The summed E-state index contributed by atoms with van der Waals surface area (Å²) < 4.78 is 17.0. The van der Waals surface area contributed by atoms with E-state index in [0.29, 0.717) is 16.7 Å². The lowest BCUT2D eigenvalue weighted by Gasteiger charge is -2.26. The first-order valence-electron chi connectivity index (χ1n) is 13.0. The van der Waals surface area contributed by atoms with Crippen LogP contribution in [0.15, 0.2) is 126 Å². The summed E-state index contributed by atoms with van der Waals surface area (Å²) in [6.45, 7) is -0.120. The summed E-state index contributed by atoms with van der Waals surface area (Å²) in [6, 6.07) is 34.7. The van der Waals surface area contributed by atoms with E-state index in [0.717, 1.165) is 5.56 Å². The quantitative estimate of drug-likeness (QED) is 0.0884. The van der Waals surface area contributed by atoms with Crippen molar-refractivity contribution in [2.24, 2.45) is 5.16 Å². The number of benzene rings is 4. The Morgan fingerprint density at radius 2 is 1.02 bits per heavy atom. The minimum atomic E-state index is -1.15. The monoisotopic (exact) mass is 551 g/mol. The van der Waals surface area contributed by atoms with Crippen molar-refractivity contribution in [1.29, 1.82) is 0 Å². The van der Waals surface area contributed by atoms with Gasteiger partial charge < -0.3 is 19.0 Å². The molecular weight excluding hydrogens is 522 g/mol. The van der Waals surface area contributed by atoms with E-state index in [2.05, 4.69) is 5.16 Å². The largest absolute Gasteiger partial charge is 0.458 e. The molecule has 4 rings (SSSR count). The van der Waals surface area contributed by atoms with Crippen LogP contribution in [-0.4, -0.2) is 42.9 Å². The number of ether oxygens (including phenoxy) is 3. The fourth-order valence-electron chi connectivity index (χ4n) is 3.75. The number of hydrogen-bond donors (Lipinski definition) is 0. The minimum absolute atomic E-state index is 0.0169. The number of carbonyl (C=O) groups excluding carboxylic acids is 3. The summed E-state index contributed by atoms with van der Waals surface area (Å²) in [7, 11) is 0. The predicted octanol–water partition coefficient (Wildman–Crippen LogP) is 5.89. The van der Waals surface area contributed by atoms with Crippen LogP contribution in [0.5, 0.6) is 0 Å². The molecule has 41 heavy (non-hydrogen) atoms. The average Bonchev–Trinajstić information content (AvgIpc) is 3.03. The smallest absolute Gasteiger partial charge is 0.338 e. The molecule has 0 N–H and O–H groups in total. The summed E-state index contributed by atoms with van der Waals surface area (Å²) in [4.78, 5) is 44.1. The molecule has 0 aliphatic carbocycles. The van der Waals surface area contributed by atoms with Gasteiger partial charge in [-0.2, -0.15) is 0 Å². The Bertz CT molecular complexity index is 1410. The van der Waals surface area contributed by atoms with Crippen molar-refractivity contribution in [2.75, 3.05) is 6.61 Å². The number of oxime groups is 1. The molecule has 0 saturated heterocycles. The van der Waals surface area contributed by atoms with Crippen LogP contribution in [-0.2, 0) is 25.7 Å². The van der Waals surface area contributed by atoms with Crippen molar-refractivity contribution in [3.63, 3.8) is 0 Å². The van der Waals surface area contributed by atoms with E-state index in [4.69, 9.17) is 19.0 Å². The Balaban J connectivity index is 1.52. The molecule has 0 amide bonds. The van der Waals surface area contributed by atoms with E-state index < -0.39 is 30.1 Å². The fraction of sp³-hybridized carbons (Fsp3) is 0.152. The molecule has 0 aromatic heterocycles. The minimum Gasteiger partial charge on any atom is -0.458 e. The summed E-state index contributed by atoms with van der Waals surface area (Å²) in [6.07, 6.45) is -0.760. The van der Waals surface area contributed by atoms with Crippen molar-refractivity contribution < 1.29 is 33.4 Å². The Morgan fingerprint density at radius 3 is 1.54 bits per heavy atom. The number of carbonyl (C=O) groups is 3. The molecule has 0 heterocycles. The summed E-state index contributed by atoms with van der Waals surface area (Å²) >= 11 is 0. The second-order valence-electron chi connectivity index (χ2n) is 8.87. The molecule has 2 atom stereocenters. The van der Waals surface area contributed by atoms with Gasteiger partial charge in [-0.05, 0) is 42.0 Å². The SMILES string of the molecule is O=C(OC[C@@H](OC(=O)c1ccccc1)[C@H](CC=NOCc1ccccc1)OC(=O)c1ccccc1)c1ccccc1. The van der Waals surface area contributed by atoms with Crippen LogP contribution in [0.25, 0.3) is 0 Å². The molecule has 0 spiro atoms. The van der Waals surface area contributed by atoms with Crippen molar-refractivity contribution in [2.45, 2.75) is 25.2 Å². The van der Waals surface area contributed by atoms with E-state index in [1.165, 1.54) is 6.21 Å². The Labute approximate surface area is 238 Å². The molecule has 0 fully saturated rings. The predicted molar refractivity (Wildman–Crippen MR) is 152 cm³/mol. The van der Waals surface area contributed by atoms with Crippen molar-refractivity contribution in [1.82, 2.24) is 0 Å². The summed E-state index contributed by atoms with van der Waals surface area (Å²) in [5.74, 6) is -1.91. The third-order valence-electron chi connectivity index (χ3n) is 5.90. The van der Waals surface area contributed by atoms with Crippen LogP contribution < -0.4 is 0 Å². The van der Waals surface area contributed by atoms with E-state index >= 15 is 0 Å². The number of nitrogens with zero attached hydrogens (tertiary/aromatic N) is 1. The third-order valence-corrected chi connectivity index (χ3v) is 5.90. The average molecular weight is 552 g/mol. The third kappa shape index (κ3) is 9.18. The van der Waals surface area contributed by atoms with Gasteiger partial charge in [-0.3, -0.25) is 0 Å². The van der Waals surface area contributed by atoms with E-state index in [9.17, 15) is 14.4 Å². The van der Waals surface area contributed by atoms with E-state index in [-0.39, 0.29) is 19.6 Å². The van der Waals surface area contributed by atoms with Crippen LogP contribution in [0.4, 0.5) is 0 Å². The molecule has 0 bridgehead atoms. The lowest BCUT2D eigenvalue weighted by atomic mass is 10.1. The fourth-order valence-corrected chi connectivity index (χ4v) is 3.75. The Kier molecular flexibility index (Phi) is 10.8. The summed E-state index contributed by atoms with van der Waals surface area (Å²) in [5.41, 5.74) is 1.86. The molecular formula is C33H29NO7. The van der Waals surface area contributed by atoms with Gasteiger partial charge in [-0.15, -0.1) is 0 Å². The van der Waals surface area contributed by atoms with Crippen molar-refractivity contribution in [3.8, 4) is 0 Å². The Hall–Kier alpha value is -5.24. The van der Waals surface area contributed by atoms with Crippen LogP contribution in [0.3, 0.4) is 0 Å². The first-order chi connectivity index (χ1) is 20.1. The number of rotatable bonds is 13. The normalized spacial score (nSPS) is 12.2. The van der Waals surface area contributed by atoms with Gasteiger partial charge >= 0.3 is 17.9 Å². The Morgan fingerprint density at radius 1 is 0.585 bits per heavy atom.